The summed E-state index contributed by atoms with van der Waals surface area (Å²) in [6, 6.07) is 24.2. The molecule has 0 saturated carbocycles. The first-order chi connectivity index (χ1) is 43.7. The SMILES string of the molecule is CCN(CC)c1ccc(NC(=O)c2cccc(C(=O)N(C)CCN3CCCN(C(=O)OCCOCCOCCOCCOCCOCCOCCOCCOCCOCCOCCOC)CC3)c2)c(-c2cc(C(=O)NC3CCCc4ccccc43)ccn2)c1. The van der Waals surface area contributed by atoms with Crippen LogP contribution in [0.5, 0.6) is 0 Å². The van der Waals surface area contributed by atoms with E-state index in [0.29, 0.717) is 198 Å². The van der Waals surface area contributed by atoms with E-state index in [1.54, 1.807) is 66.6 Å². The summed E-state index contributed by atoms with van der Waals surface area (Å²) in [4.78, 5) is 67.1. The first-order valence-corrected chi connectivity index (χ1v) is 31.5. The second-order valence-corrected chi connectivity index (χ2v) is 21.1. The fourth-order valence-corrected chi connectivity index (χ4v) is 9.98. The molecular weight excluding hydrogens is 1150 g/mol. The van der Waals surface area contributed by atoms with E-state index in [-0.39, 0.29) is 37.2 Å². The van der Waals surface area contributed by atoms with Gasteiger partial charge in [0.25, 0.3) is 17.7 Å². The number of nitrogens with zero attached hydrogens (tertiary/aromatic N) is 5. The minimum Gasteiger partial charge on any atom is -0.447 e. The smallest absolute Gasteiger partial charge is 0.409 e. The summed E-state index contributed by atoms with van der Waals surface area (Å²) in [6.45, 7) is 19.2. The van der Waals surface area contributed by atoms with Crippen LogP contribution in [-0.2, 0) is 63.3 Å². The number of anilines is 2. The Bertz CT molecular complexity index is 2650. The van der Waals surface area contributed by atoms with E-state index in [2.05, 4.69) is 46.4 Å². The highest BCUT2D eigenvalue weighted by atomic mass is 16.6. The Morgan fingerprint density at radius 1 is 0.562 bits per heavy atom. The van der Waals surface area contributed by atoms with Crippen molar-refractivity contribution in [2.75, 3.05) is 222 Å². The molecule has 6 rings (SSSR count). The minimum absolute atomic E-state index is 0.0814. The van der Waals surface area contributed by atoms with Crippen molar-refractivity contribution in [3.05, 3.63) is 113 Å². The summed E-state index contributed by atoms with van der Waals surface area (Å²) in [5.41, 5.74) is 6.26. The van der Waals surface area contributed by atoms with Crippen LogP contribution in [0.15, 0.2) is 85.1 Å². The first kappa shape index (κ1) is 71.9. The molecule has 2 heterocycles. The van der Waals surface area contributed by atoms with Gasteiger partial charge in [-0.15, -0.1) is 0 Å². The van der Waals surface area contributed by atoms with E-state index in [1.165, 1.54) is 5.56 Å². The fourth-order valence-electron chi connectivity index (χ4n) is 9.98. The molecule has 1 aromatic heterocycles. The molecule has 2 aliphatic rings. The Morgan fingerprint density at radius 3 is 1.70 bits per heavy atom. The number of hydrogen-bond donors (Lipinski definition) is 2. The van der Waals surface area contributed by atoms with E-state index >= 15 is 0 Å². The summed E-state index contributed by atoms with van der Waals surface area (Å²) in [5.74, 6) is -0.798. The Hall–Kier alpha value is -6.19. The molecule has 1 fully saturated rings. The van der Waals surface area contributed by atoms with Gasteiger partial charge in [-0.05, 0) is 106 Å². The van der Waals surface area contributed by atoms with Crippen LogP contribution in [0.25, 0.3) is 11.3 Å². The van der Waals surface area contributed by atoms with Crippen molar-refractivity contribution in [1.29, 1.82) is 0 Å². The van der Waals surface area contributed by atoms with Crippen molar-refractivity contribution in [2.45, 2.75) is 45.6 Å². The number of aryl methyl sites for hydroxylation is 1. The number of pyridine rings is 1. The number of amides is 4. The molecule has 1 atom stereocenters. The average Bonchev–Trinajstić information content (AvgIpc) is 1.77. The van der Waals surface area contributed by atoms with E-state index < -0.39 is 5.91 Å². The largest absolute Gasteiger partial charge is 0.447 e. The predicted octanol–water partition coefficient (Wildman–Crippen LogP) is 6.68. The van der Waals surface area contributed by atoms with Gasteiger partial charge in [-0.2, -0.15) is 0 Å². The highest BCUT2D eigenvalue weighted by Crippen LogP contribution is 2.33. The van der Waals surface area contributed by atoms with Gasteiger partial charge in [-0.25, -0.2) is 4.79 Å². The Kier molecular flexibility index (Phi) is 35.1. The number of hydrogen-bond acceptors (Lipinski definition) is 19. The normalized spacial score (nSPS) is 14.2. The average molecular weight is 1240 g/mol. The number of methoxy groups -OCH3 is 1. The summed E-state index contributed by atoms with van der Waals surface area (Å²) in [5, 5.41) is 6.34. The van der Waals surface area contributed by atoms with E-state index in [9.17, 15) is 19.2 Å². The van der Waals surface area contributed by atoms with Crippen LogP contribution in [0.3, 0.4) is 0 Å². The van der Waals surface area contributed by atoms with Crippen LogP contribution < -0.4 is 15.5 Å². The highest BCUT2D eigenvalue weighted by molar-refractivity contribution is 6.08. The molecule has 0 bridgehead atoms. The van der Waals surface area contributed by atoms with Gasteiger partial charge in [0.1, 0.15) is 6.61 Å². The number of carbonyl (C=O) groups excluding carboxylic acids is 4. The molecule has 1 unspecified atom stereocenters. The number of ether oxygens (including phenoxy) is 12. The second-order valence-electron chi connectivity index (χ2n) is 21.1. The number of benzene rings is 3. The maximum absolute atomic E-state index is 14.1. The van der Waals surface area contributed by atoms with Crippen molar-refractivity contribution in [1.82, 2.24) is 25.0 Å². The van der Waals surface area contributed by atoms with Gasteiger partial charge in [0.05, 0.1) is 156 Å². The minimum atomic E-state index is -0.391. The number of carbonyl (C=O) groups is 4. The number of rotatable bonds is 45. The number of likely N-dealkylation sites (N-methyl/N-ethyl adjacent to an activating group) is 1. The molecule has 2 N–H and O–H groups in total. The van der Waals surface area contributed by atoms with Crippen molar-refractivity contribution in [2.24, 2.45) is 0 Å². The monoisotopic (exact) mass is 1240 g/mol. The van der Waals surface area contributed by atoms with E-state index in [1.807, 2.05) is 30.3 Å². The van der Waals surface area contributed by atoms with Crippen molar-refractivity contribution in [3.8, 4) is 11.3 Å². The lowest BCUT2D eigenvalue weighted by Crippen LogP contribution is -2.39. The van der Waals surface area contributed by atoms with Crippen LogP contribution in [0, 0.1) is 0 Å². The van der Waals surface area contributed by atoms with Crippen LogP contribution >= 0.6 is 0 Å². The molecule has 0 spiro atoms. The lowest BCUT2D eigenvalue weighted by Gasteiger charge is -2.26. The van der Waals surface area contributed by atoms with Crippen molar-refractivity contribution < 1.29 is 76.0 Å². The lowest BCUT2D eigenvalue weighted by molar-refractivity contribution is -0.0276. The third-order valence-corrected chi connectivity index (χ3v) is 14.9. The van der Waals surface area contributed by atoms with Gasteiger partial charge in [0.15, 0.2) is 0 Å². The molecule has 1 aliphatic carbocycles. The molecule has 1 aliphatic heterocycles. The zero-order valence-electron chi connectivity index (χ0n) is 53.0. The van der Waals surface area contributed by atoms with Gasteiger partial charge in [0, 0.05) is 94.1 Å². The molecule has 23 heteroatoms. The molecule has 4 aromatic rings. The molecule has 0 radical (unpaired) electrons. The van der Waals surface area contributed by atoms with E-state index in [0.717, 1.165) is 56.6 Å². The molecular formula is C66H97N7O16. The first-order valence-electron chi connectivity index (χ1n) is 31.5. The molecule has 89 heavy (non-hydrogen) atoms. The number of aromatic nitrogens is 1. The summed E-state index contributed by atoms with van der Waals surface area (Å²) < 4.78 is 65.5. The predicted molar refractivity (Wildman–Crippen MR) is 338 cm³/mol. The molecule has 492 valence electrons. The highest BCUT2D eigenvalue weighted by Gasteiger charge is 2.25. The van der Waals surface area contributed by atoms with Crippen LogP contribution in [0.2, 0.25) is 0 Å². The topological polar surface area (TPSA) is 229 Å². The number of nitrogens with one attached hydrogen (secondary N) is 2. The summed E-state index contributed by atoms with van der Waals surface area (Å²) in [6.07, 6.45) is 4.86. The van der Waals surface area contributed by atoms with Crippen molar-refractivity contribution in [3.63, 3.8) is 0 Å². The van der Waals surface area contributed by atoms with E-state index in [4.69, 9.17) is 61.8 Å². The Labute approximate surface area is 526 Å². The zero-order valence-corrected chi connectivity index (χ0v) is 53.0. The van der Waals surface area contributed by atoms with Gasteiger partial charge in [-0.1, -0.05) is 30.3 Å². The summed E-state index contributed by atoms with van der Waals surface area (Å²) in [7, 11) is 3.39. The summed E-state index contributed by atoms with van der Waals surface area (Å²) >= 11 is 0. The lowest BCUT2D eigenvalue weighted by atomic mass is 9.87. The third kappa shape index (κ3) is 27.0. The fraction of sp³-hybridized carbons (Fsp3) is 0.591. The quantitative estimate of drug-likeness (QED) is 0.0440. The zero-order chi connectivity index (χ0) is 62.9. The molecule has 1 saturated heterocycles. The van der Waals surface area contributed by atoms with Gasteiger partial charge in [-0.3, -0.25) is 24.3 Å². The van der Waals surface area contributed by atoms with Crippen LogP contribution in [0.4, 0.5) is 16.2 Å². The number of fused-ring (bicyclic) bond motifs is 1. The Balaban J connectivity index is 0.777. The van der Waals surface area contributed by atoms with Gasteiger partial charge >= 0.3 is 6.09 Å². The Morgan fingerprint density at radius 2 is 1.11 bits per heavy atom. The molecule has 23 nitrogen and oxygen atoms in total. The van der Waals surface area contributed by atoms with Crippen molar-refractivity contribution >= 4 is 35.2 Å². The molecule has 4 amide bonds. The van der Waals surface area contributed by atoms with Gasteiger partial charge < -0.3 is 82.2 Å². The second kappa shape index (κ2) is 43.5. The van der Waals surface area contributed by atoms with Crippen LogP contribution in [0.1, 0.15) is 81.4 Å². The van der Waals surface area contributed by atoms with Crippen LogP contribution in [-0.4, -0.2) is 255 Å². The third-order valence-electron chi connectivity index (χ3n) is 14.9. The van der Waals surface area contributed by atoms with Gasteiger partial charge in [0.2, 0.25) is 0 Å². The standard InChI is InChI=1S/C66H97N7O16/c1-5-72(6-2)57-18-19-61(59(52-57)62-51-55(20-21-67-62)64(75)68-60-17-10-13-53-12-7-8-16-58(53)60)69-63(74)54-14-9-15-56(50-54)65(76)70(3)24-25-71-22-11-23-73(27-26-71)66(77)89-49-48-88-47-46-87-45-44-86-43-42-85-41-40-84-39-38-83-37-36-82-35-34-81-33-32-80-31-30-79-29-28-78-4/h7-9,12,14-16,18-21,50-52,60H,5-6,10-11,13,17,22-49H2,1-4H3,(H,68,75)(H,69,74). The maximum atomic E-state index is 14.1. The molecule has 3 aromatic carbocycles. The maximum Gasteiger partial charge on any atom is 0.409 e.